The first-order chi connectivity index (χ1) is 13.3. The molecule has 0 amide bonds. The molecule has 9 heteroatoms. The monoisotopic (exact) mass is 415 g/mol. The van der Waals surface area contributed by atoms with Crippen molar-refractivity contribution < 1.29 is 0 Å². The maximum atomic E-state index is 6.67. The Balaban J connectivity index is 1.92. The standard InChI is InChI=1S/C19H19Cl2N7/c1-10-9-19(22,27-18(24-10)28(2)3)16-15-13(7-8-23-16)25-17(26-15)14-11(20)5-4-6-12(14)21/h4-9H,22H2,1-3H3,(H,24,27)(H,25,26). The number of aliphatic imine (C=N–C) groups is 1. The molecule has 0 saturated carbocycles. The number of aromatic amines is 1. The van der Waals surface area contributed by atoms with E-state index in [1.807, 2.05) is 38.1 Å². The van der Waals surface area contributed by atoms with Gasteiger partial charge in [0, 0.05) is 26.0 Å². The van der Waals surface area contributed by atoms with Crippen molar-refractivity contribution in [2.45, 2.75) is 12.6 Å². The van der Waals surface area contributed by atoms with Gasteiger partial charge in [0.1, 0.15) is 17.0 Å². The van der Waals surface area contributed by atoms with E-state index in [0.717, 1.165) is 11.2 Å². The molecule has 1 atom stereocenters. The Morgan fingerprint density at radius 2 is 1.86 bits per heavy atom. The number of nitrogens with two attached hydrogens (primary N) is 1. The van der Waals surface area contributed by atoms with Gasteiger partial charge in [0.25, 0.3) is 0 Å². The normalized spacial score (nSPS) is 19.2. The van der Waals surface area contributed by atoms with Crippen LogP contribution in [0, 0.1) is 0 Å². The van der Waals surface area contributed by atoms with Crippen molar-refractivity contribution >= 4 is 40.2 Å². The third-order valence-electron chi connectivity index (χ3n) is 4.44. The van der Waals surface area contributed by atoms with Gasteiger partial charge in [0.15, 0.2) is 11.6 Å². The number of allylic oxidation sites excluding steroid dienone is 1. The van der Waals surface area contributed by atoms with Crippen molar-refractivity contribution in [3.63, 3.8) is 0 Å². The topological polar surface area (TPSA) is 95.2 Å². The van der Waals surface area contributed by atoms with Gasteiger partial charge >= 0.3 is 0 Å². The van der Waals surface area contributed by atoms with Crippen LogP contribution < -0.4 is 11.1 Å². The van der Waals surface area contributed by atoms with E-state index in [1.54, 1.807) is 24.4 Å². The molecule has 0 radical (unpaired) electrons. The lowest BCUT2D eigenvalue weighted by Crippen LogP contribution is -2.46. The van der Waals surface area contributed by atoms with Crippen molar-refractivity contribution in [1.82, 2.24) is 25.2 Å². The third-order valence-corrected chi connectivity index (χ3v) is 5.07. The zero-order chi connectivity index (χ0) is 20.1. The fraction of sp³-hybridized carbons (Fsp3) is 0.211. The van der Waals surface area contributed by atoms with Crippen molar-refractivity contribution in [1.29, 1.82) is 0 Å². The van der Waals surface area contributed by atoms with Gasteiger partial charge in [-0.1, -0.05) is 29.3 Å². The summed E-state index contributed by atoms with van der Waals surface area (Å²) in [5.41, 5.74) is 8.95. The Hall–Kier alpha value is -2.61. The van der Waals surface area contributed by atoms with E-state index in [-0.39, 0.29) is 0 Å². The molecule has 1 aliphatic rings. The van der Waals surface area contributed by atoms with Crippen LogP contribution in [0.2, 0.25) is 10.0 Å². The minimum Gasteiger partial charge on any atom is -0.349 e. The SMILES string of the molecule is CC1=CC(N)(c2nccc3[nH]c(-c4c(Cl)cccc4Cl)nc23)N=C(N(C)C)N1. The van der Waals surface area contributed by atoms with Crippen molar-refractivity contribution in [3.8, 4) is 11.4 Å². The number of aromatic nitrogens is 3. The van der Waals surface area contributed by atoms with Gasteiger partial charge in [-0.05, 0) is 31.2 Å². The molecule has 7 nitrogen and oxygen atoms in total. The predicted octanol–water partition coefficient (Wildman–Crippen LogP) is 3.47. The van der Waals surface area contributed by atoms with Crippen LogP contribution in [0.5, 0.6) is 0 Å². The first-order valence-electron chi connectivity index (χ1n) is 8.60. The van der Waals surface area contributed by atoms with Crippen LogP contribution in [-0.4, -0.2) is 39.9 Å². The van der Waals surface area contributed by atoms with Crippen LogP contribution in [0.25, 0.3) is 22.4 Å². The van der Waals surface area contributed by atoms with Gasteiger partial charge in [-0.25, -0.2) is 9.98 Å². The van der Waals surface area contributed by atoms with E-state index in [1.165, 1.54) is 0 Å². The van der Waals surface area contributed by atoms with E-state index in [4.69, 9.17) is 33.9 Å². The van der Waals surface area contributed by atoms with E-state index in [0.29, 0.717) is 38.6 Å². The average molecular weight is 416 g/mol. The first kappa shape index (κ1) is 18.7. The van der Waals surface area contributed by atoms with Crippen molar-refractivity contribution in [2.24, 2.45) is 10.7 Å². The second-order valence-corrected chi connectivity index (χ2v) is 7.66. The molecule has 0 aliphatic carbocycles. The summed E-state index contributed by atoms with van der Waals surface area (Å²) in [4.78, 5) is 19.0. The number of rotatable bonds is 2. The molecule has 1 unspecified atom stereocenters. The minimum atomic E-state index is -1.16. The van der Waals surface area contributed by atoms with Crippen LogP contribution >= 0.6 is 23.2 Å². The largest absolute Gasteiger partial charge is 0.349 e. The Morgan fingerprint density at radius 3 is 2.54 bits per heavy atom. The van der Waals surface area contributed by atoms with Crippen LogP contribution in [0.4, 0.5) is 0 Å². The van der Waals surface area contributed by atoms with E-state index >= 15 is 0 Å². The number of pyridine rings is 1. The number of halogens is 2. The second-order valence-electron chi connectivity index (χ2n) is 6.85. The van der Waals surface area contributed by atoms with Gasteiger partial charge < -0.3 is 15.2 Å². The molecule has 3 heterocycles. The Kier molecular flexibility index (Phi) is 4.53. The fourth-order valence-corrected chi connectivity index (χ4v) is 3.76. The van der Waals surface area contributed by atoms with Gasteiger partial charge in [-0.2, -0.15) is 0 Å². The molecular formula is C19H19Cl2N7. The molecule has 4 N–H and O–H groups in total. The molecule has 0 spiro atoms. The van der Waals surface area contributed by atoms with Crippen molar-refractivity contribution in [2.75, 3.05) is 14.1 Å². The molecule has 144 valence electrons. The summed E-state index contributed by atoms with van der Waals surface area (Å²) in [5.74, 6) is 1.20. The van der Waals surface area contributed by atoms with Gasteiger partial charge in [-0.3, -0.25) is 10.7 Å². The highest BCUT2D eigenvalue weighted by molar-refractivity contribution is 6.39. The summed E-state index contributed by atoms with van der Waals surface area (Å²) in [5, 5.41) is 4.22. The summed E-state index contributed by atoms with van der Waals surface area (Å²) >= 11 is 12.7. The molecule has 0 bridgehead atoms. The van der Waals surface area contributed by atoms with E-state index in [9.17, 15) is 0 Å². The van der Waals surface area contributed by atoms with Crippen LogP contribution in [-0.2, 0) is 5.66 Å². The van der Waals surface area contributed by atoms with Crippen LogP contribution in [0.15, 0.2) is 47.2 Å². The number of hydrogen-bond donors (Lipinski definition) is 3. The fourth-order valence-electron chi connectivity index (χ4n) is 3.18. The molecule has 4 rings (SSSR count). The lowest BCUT2D eigenvalue weighted by molar-refractivity contribution is 0.511. The summed E-state index contributed by atoms with van der Waals surface area (Å²) in [6.45, 7) is 1.93. The Bertz CT molecular complexity index is 1110. The predicted molar refractivity (Wildman–Crippen MR) is 113 cm³/mol. The smallest absolute Gasteiger partial charge is 0.200 e. The number of nitrogens with zero attached hydrogens (tertiary/aromatic N) is 4. The molecule has 0 saturated heterocycles. The highest BCUT2D eigenvalue weighted by Gasteiger charge is 2.33. The lowest BCUT2D eigenvalue weighted by atomic mass is 10.0. The quantitative estimate of drug-likeness (QED) is 0.595. The maximum absolute atomic E-state index is 6.67. The molecule has 2 aromatic heterocycles. The Labute approximate surface area is 172 Å². The number of guanidine groups is 1. The Morgan fingerprint density at radius 1 is 1.14 bits per heavy atom. The molecule has 28 heavy (non-hydrogen) atoms. The highest BCUT2D eigenvalue weighted by Crippen LogP contribution is 2.36. The van der Waals surface area contributed by atoms with Gasteiger partial charge in [0.2, 0.25) is 0 Å². The van der Waals surface area contributed by atoms with Gasteiger partial charge in [-0.15, -0.1) is 0 Å². The zero-order valence-corrected chi connectivity index (χ0v) is 17.1. The van der Waals surface area contributed by atoms with Crippen molar-refractivity contribution in [3.05, 3.63) is 58.0 Å². The summed E-state index contributed by atoms with van der Waals surface area (Å²) in [7, 11) is 3.79. The maximum Gasteiger partial charge on any atom is 0.200 e. The second kappa shape index (κ2) is 6.77. The van der Waals surface area contributed by atoms with E-state index in [2.05, 4.69) is 20.3 Å². The molecular weight excluding hydrogens is 397 g/mol. The third kappa shape index (κ3) is 3.11. The summed E-state index contributed by atoms with van der Waals surface area (Å²) in [6, 6.07) is 7.16. The zero-order valence-electron chi connectivity index (χ0n) is 15.6. The molecule has 0 fully saturated rings. The molecule has 1 aromatic carbocycles. The summed E-state index contributed by atoms with van der Waals surface area (Å²) in [6.07, 6.45) is 3.51. The number of fused-ring (bicyclic) bond motifs is 1. The lowest BCUT2D eigenvalue weighted by Gasteiger charge is -2.30. The number of H-pyrrole nitrogens is 1. The molecule has 3 aromatic rings. The first-order valence-corrected chi connectivity index (χ1v) is 9.36. The highest BCUT2D eigenvalue weighted by atomic mass is 35.5. The molecule has 1 aliphatic heterocycles. The number of hydrogen-bond acceptors (Lipinski definition) is 6. The van der Waals surface area contributed by atoms with Crippen LogP contribution in [0.3, 0.4) is 0 Å². The van der Waals surface area contributed by atoms with Crippen LogP contribution in [0.1, 0.15) is 12.6 Å². The number of nitrogens with one attached hydrogen (secondary N) is 2. The number of imidazole rings is 1. The average Bonchev–Trinajstić information content (AvgIpc) is 3.04. The minimum absolute atomic E-state index is 0.508. The number of benzene rings is 1. The summed E-state index contributed by atoms with van der Waals surface area (Å²) < 4.78 is 0. The van der Waals surface area contributed by atoms with E-state index < -0.39 is 5.66 Å². The van der Waals surface area contributed by atoms with Gasteiger partial charge in [0.05, 0.1) is 21.1 Å².